The first-order valence-electron chi connectivity index (χ1n) is 18.1. The molecular formula is C51H30O. The summed E-state index contributed by atoms with van der Waals surface area (Å²) in [6.45, 7) is 0. The first-order chi connectivity index (χ1) is 25.8. The van der Waals surface area contributed by atoms with Gasteiger partial charge >= 0.3 is 0 Å². The van der Waals surface area contributed by atoms with Crippen molar-refractivity contribution in [2.45, 2.75) is 5.41 Å². The predicted molar refractivity (Wildman–Crippen MR) is 216 cm³/mol. The number of furan rings is 1. The Morgan fingerprint density at radius 3 is 1.46 bits per heavy atom. The van der Waals surface area contributed by atoms with Gasteiger partial charge in [-0.1, -0.05) is 146 Å². The van der Waals surface area contributed by atoms with Crippen LogP contribution >= 0.6 is 0 Å². The molecule has 9 aromatic carbocycles. The second-order valence-corrected chi connectivity index (χ2v) is 14.4. The van der Waals surface area contributed by atoms with Crippen LogP contribution in [0.5, 0.6) is 0 Å². The highest BCUT2D eigenvalue weighted by atomic mass is 16.3. The summed E-state index contributed by atoms with van der Waals surface area (Å²) in [6.07, 6.45) is 0. The third kappa shape index (κ3) is 3.62. The van der Waals surface area contributed by atoms with E-state index in [0.717, 1.165) is 27.5 Å². The van der Waals surface area contributed by atoms with Crippen LogP contribution in [0.15, 0.2) is 186 Å². The Labute approximate surface area is 301 Å². The fraction of sp³-hybridized carbons (Fsp3) is 0.0196. The molecule has 0 saturated heterocycles. The van der Waals surface area contributed by atoms with Gasteiger partial charge in [0.15, 0.2) is 0 Å². The van der Waals surface area contributed by atoms with Crippen LogP contribution in [-0.2, 0) is 5.41 Å². The molecule has 1 heterocycles. The third-order valence-corrected chi connectivity index (χ3v) is 11.9. The minimum absolute atomic E-state index is 0.373. The van der Waals surface area contributed by atoms with Crippen LogP contribution in [0.3, 0.4) is 0 Å². The monoisotopic (exact) mass is 658 g/mol. The van der Waals surface area contributed by atoms with E-state index in [1.807, 2.05) is 12.1 Å². The van der Waals surface area contributed by atoms with Gasteiger partial charge in [-0.15, -0.1) is 0 Å². The van der Waals surface area contributed by atoms with Gasteiger partial charge in [0.05, 0.1) is 5.41 Å². The van der Waals surface area contributed by atoms with Crippen molar-refractivity contribution in [3.8, 4) is 44.5 Å². The Morgan fingerprint density at radius 2 is 0.788 bits per heavy atom. The molecule has 1 nitrogen and oxygen atoms in total. The second kappa shape index (κ2) is 10.2. The average molecular weight is 659 g/mol. The van der Waals surface area contributed by atoms with E-state index in [4.69, 9.17) is 4.42 Å². The molecule has 0 saturated carbocycles. The van der Waals surface area contributed by atoms with Gasteiger partial charge in [-0.3, -0.25) is 0 Å². The number of para-hydroxylation sites is 1. The quantitative estimate of drug-likeness (QED) is 0.180. The second-order valence-electron chi connectivity index (χ2n) is 14.4. The van der Waals surface area contributed by atoms with E-state index in [9.17, 15) is 0 Å². The molecule has 2 aliphatic rings. The summed E-state index contributed by atoms with van der Waals surface area (Å²) < 4.78 is 6.21. The fourth-order valence-electron chi connectivity index (χ4n) is 9.61. The Morgan fingerprint density at radius 1 is 0.308 bits per heavy atom. The number of hydrogen-bond acceptors (Lipinski definition) is 1. The van der Waals surface area contributed by atoms with E-state index in [-0.39, 0.29) is 5.41 Å². The molecule has 240 valence electrons. The number of fused-ring (bicyclic) bond motifs is 16. The van der Waals surface area contributed by atoms with E-state index >= 15 is 0 Å². The Kier molecular flexibility index (Phi) is 5.49. The molecule has 0 radical (unpaired) electrons. The lowest BCUT2D eigenvalue weighted by Crippen LogP contribution is -2.26. The lowest BCUT2D eigenvalue weighted by molar-refractivity contribution is 0.669. The normalized spacial score (nSPS) is 13.5. The van der Waals surface area contributed by atoms with Gasteiger partial charge in [-0.25, -0.2) is 0 Å². The molecule has 0 unspecified atom stereocenters. The van der Waals surface area contributed by atoms with E-state index in [0.29, 0.717) is 0 Å². The molecule has 0 aliphatic heterocycles. The van der Waals surface area contributed by atoms with Crippen LogP contribution in [0.1, 0.15) is 22.3 Å². The SMILES string of the molecule is c1ccc2c(c1)-c1ccccc1C21c2ccccc2-c2ccc3ccc(-c4ccc5cc(-c6ccc7c(c6)oc6ccccc67)ccc5c4)cc3c21. The third-order valence-electron chi connectivity index (χ3n) is 11.9. The predicted octanol–water partition coefficient (Wildman–Crippen LogP) is 13.6. The molecule has 2 aliphatic carbocycles. The summed E-state index contributed by atoms with van der Waals surface area (Å²) >= 11 is 0. The average Bonchev–Trinajstić information content (AvgIpc) is 3.84. The molecule has 0 fully saturated rings. The summed E-state index contributed by atoms with van der Waals surface area (Å²) in [6, 6.07) is 67.4. The van der Waals surface area contributed by atoms with Gasteiger partial charge in [-0.05, 0) is 125 Å². The van der Waals surface area contributed by atoms with Crippen LogP contribution in [0.2, 0.25) is 0 Å². The number of rotatable bonds is 2. The first kappa shape index (κ1) is 28.0. The highest BCUT2D eigenvalue weighted by molar-refractivity contribution is 6.07. The Hall–Kier alpha value is -6.70. The lowest BCUT2D eigenvalue weighted by atomic mass is 9.69. The van der Waals surface area contributed by atoms with Gasteiger partial charge < -0.3 is 4.42 Å². The Bertz CT molecular complexity index is 3080. The highest BCUT2D eigenvalue weighted by Gasteiger charge is 2.52. The molecular weight excluding hydrogens is 629 g/mol. The molecule has 1 spiro atoms. The summed E-state index contributed by atoms with van der Waals surface area (Å²) in [4.78, 5) is 0. The molecule has 0 atom stereocenters. The van der Waals surface area contributed by atoms with Gasteiger partial charge in [0.25, 0.3) is 0 Å². The van der Waals surface area contributed by atoms with E-state index in [2.05, 4.69) is 170 Å². The summed E-state index contributed by atoms with van der Waals surface area (Å²) in [7, 11) is 0. The van der Waals surface area contributed by atoms with E-state index in [1.54, 1.807) is 0 Å². The summed E-state index contributed by atoms with van der Waals surface area (Å²) in [5.41, 5.74) is 17.1. The van der Waals surface area contributed by atoms with Crippen molar-refractivity contribution in [2.75, 3.05) is 0 Å². The zero-order chi connectivity index (χ0) is 34.0. The molecule has 0 N–H and O–H groups in total. The van der Waals surface area contributed by atoms with Crippen LogP contribution in [0.4, 0.5) is 0 Å². The largest absolute Gasteiger partial charge is 0.456 e. The highest BCUT2D eigenvalue weighted by Crippen LogP contribution is 2.64. The lowest BCUT2D eigenvalue weighted by Gasteiger charge is -2.31. The molecule has 10 aromatic rings. The molecule has 0 amide bonds. The number of hydrogen-bond donors (Lipinski definition) is 0. The minimum Gasteiger partial charge on any atom is -0.456 e. The minimum atomic E-state index is -0.373. The summed E-state index contributed by atoms with van der Waals surface area (Å²) in [5.74, 6) is 0. The molecule has 52 heavy (non-hydrogen) atoms. The van der Waals surface area contributed by atoms with E-state index in [1.165, 1.54) is 82.7 Å². The maximum Gasteiger partial charge on any atom is 0.136 e. The molecule has 1 heteroatoms. The first-order valence-corrected chi connectivity index (χ1v) is 18.1. The van der Waals surface area contributed by atoms with Crippen LogP contribution in [0.25, 0.3) is 88.0 Å². The van der Waals surface area contributed by atoms with E-state index < -0.39 is 0 Å². The van der Waals surface area contributed by atoms with Crippen molar-refractivity contribution >= 4 is 43.5 Å². The summed E-state index contributed by atoms with van der Waals surface area (Å²) in [5, 5.41) is 7.35. The standard InChI is InChI=1S/C51H30O/c1-5-13-45-38(9-1)39-10-2-6-14-46(39)51(45)47-15-7-3-11-40(47)43-26-23-31-17-18-36(29-44(31)50(43)51)34-21-19-33-28-35(22-20-32(33)27-34)37-24-25-42-41-12-4-8-16-48(41)52-49(42)30-37/h1-30H. The smallest absolute Gasteiger partial charge is 0.136 e. The van der Waals surface area contributed by atoms with Crippen LogP contribution in [0, 0.1) is 0 Å². The van der Waals surface area contributed by atoms with Crippen molar-refractivity contribution in [3.05, 3.63) is 204 Å². The van der Waals surface area contributed by atoms with Crippen LogP contribution < -0.4 is 0 Å². The zero-order valence-electron chi connectivity index (χ0n) is 28.2. The van der Waals surface area contributed by atoms with Gasteiger partial charge in [0.1, 0.15) is 11.2 Å². The maximum atomic E-state index is 6.21. The molecule has 12 rings (SSSR count). The van der Waals surface area contributed by atoms with Crippen molar-refractivity contribution in [2.24, 2.45) is 0 Å². The fourth-order valence-corrected chi connectivity index (χ4v) is 9.61. The van der Waals surface area contributed by atoms with Crippen molar-refractivity contribution in [3.63, 3.8) is 0 Å². The Balaban J connectivity index is 1.02. The van der Waals surface area contributed by atoms with Crippen molar-refractivity contribution < 1.29 is 4.42 Å². The van der Waals surface area contributed by atoms with Gasteiger partial charge in [0.2, 0.25) is 0 Å². The van der Waals surface area contributed by atoms with Crippen molar-refractivity contribution in [1.82, 2.24) is 0 Å². The zero-order valence-corrected chi connectivity index (χ0v) is 28.2. The molecule has 0 bridgehead atoms. The topological polar surface area (TPSA) is 13.1 Å². The van der Waals surface area contributed by atoms with Crippen LogP contribution in [-0.4, -0.2) is 0 Å². The number of benzene rings is 9. The van der Waals surface area contributed by atoms with Gasteiger partial charge in [0, 0.05) is 10.8 Å². The maximum absolute atomic E-state index is 6.21. The molecule has 1 aromatic heterocycles. The van der Waals surface area contributed by atoms with Crippen molar-refractivity contribution in [1.29, 1.82) is 0 Å². The van der Waals surface area contributed by atoms with Gasteiger partial charge in [-0.2, -0.15) is 0 Å².